The van der Waals surface area contributed by atoms with Crippen molar-refractivity contribution < 1.29 is 4.39 Å². The van der Waals surface area contributed by atoms with Crippen LogP contribution in [0.4, 0.5) is 10.1 Å². The molecule has 3 aromatic rings. The number of hydrogen-bond acceptors (Lipinski definition) is 3. The van der Waals surface area contributed by atoms with E-state index in [0.717, 1.165) is 35.1 Å². The van der Waals surface area contributed by atoms with Gasteiger partial charge < -0.3 is 5.32 Å². The van der Waals surface area contributed by atoms with Gasteiger partial charge in [-0.2, -0.15) is 0 Å². The summed E-state index contributed by atoms with van der Waals surface area (Å²) in [5.74, 6) is -0.157. The fourth-order valence-electron chi connectivity index (χ4n) is 2.99. The largest absolute Gasteiger partial charge is 0.378 e. The quantitative estimate of drug-likeness (QED) is 0.774. The van der Waals surface area contributed by atoms with Crippen molar-refractivity contribution in [2.75, 3.05) is 5.32 Å². The fourth-order valence-corrected chi connectivity index (χ4v) is 2.99. The molecule has 1 N–H and O–H groups in total. The van der Waals surface area contributed by atoms with Crippen LogP contribution in [0.5, 0.6) is 0 Å². The third-order valence-electron chi connectivity index (χ3n) is 3.99. The summed E-state index contributed by atoms with van der Waals surface area (Å²) in [5.41, 5.74) is 5.07. The Morgan fingerprint density at radius 1 is 1.00 bits per heavy atom. The van der Waals surface area contributed by atoms with Gasteiger partial charge in [0.15, 0.2) is 0 Å². The van der Waals surface area contributed by atoms with Gasteiger partial charge in [-0.1, -0.05) is 6.07 Å². The Labute approximate surface area is 121 Å². The number of fused-ring (bicyclic) bond motifs is 2. The molecular weight excluding hydrogens is 265 g/mol. The first-order valence-electron chi connectivity index (χ1n) is 7.05. The molecule has 1 atom stereocenters. The lowest BCUT2D eigenvalue weighted by Crippen LogP contribution is -2.07. The van der Waals surface area contributed by atoms with E-state index in [1.807, 2.05) is 24.3 Å². The van der Waals surface area contributed by atoms with Crippen molar-refractivity contribution in [2.24, 2.45) is 0 Å². The lowest BCUT2D eigenvalue weighted by molar-refractivity contribution is 0.626. The van der Waals surface area contributed by atoms with E-state index in [1.165, 1.54) is 11.6 Å². The fraction of sp³-hybridized carbons (Fsp3) is 0.176. The molecule has 1 aromatic heterocycles. The first-order chi connectivity index (χ1) is 10.3. The van der Waals surface area contributed by atoms with Crippen molar-refractivity contribution in [3.63, 3.8) is 0 Å². The van der Waals surface area contributed by atoms with E-state index in [4.69, 9.17) is 0 Å². The number of hydrogen-bond donors (Lipinski definition) is 1. The maximum atomic E-state index is 13.3. The molecule has 0 radical (unpaired) electrons. The van der Waals surface area contributed by atoms with Crippen molar-refractivity contribution in [1.82, 2.24) is 9.97 Å². The molecule has 1 aliphatic rings. The van der Waals surface area contributed by atoms with Crippen LogP contribution in [-0.2, 0) is 6.42 Å². The number of rotatable bonds is 2. The number of anilines is 1. The minimum atomic E-state index is -0.157. The molecule has 1 unspecified atom stereocenters. The average molecular weight is 279 g/mol. The van der Waals surface area contributed by atoms with E-state index in [2.05, 4.69) is 15.3 Å². The smallest absolute Gasteiger partial charge is 0.123 e. The van der Waals surface area contributed by atoms with Crippen LogP contribution >= 0.6 is 0 Å². The predicted molar refractivity (Wildman–Crippen MR) is 80.6 cm³/mol. The van der Waals surface area contributed by atoms with Crippen molar-refractivity contribution in [2.45, 2.75) is 18.9 Å². The van der Waals surface area contributed by atoms with Gasteiger partial charge >= 0.3 is 0 Å². The Morgan fingerprint density at radius 2 is 1.86 bits per heavy atom. The number of nitrogens with zero attached hydrogens (tertiary/aromatic N) is 2. The van der Waals surface area contributed by atoms with Crippen LogP contribution in [0.15, 0.2) is 48.8 Å². The number of halogens is 1. The summed E-state index contributed by atoms with van der Waals surface area (Å²) in [6.45, 7) is 0. The Balaban J connectivity index is 1.64. The zero-order chi connectivity index (χ0) is 14.2. The highest BCUT2D eigenvalue weighted by Crippen LogP contribution is 2.34. The summed E-state index contributed by atoms with van der Waals surface area (Å²) in [4.78, 5) is 8.59. The molecule has 0 bridgehead atoms. The van der Waals surface area contributed by atoms with Crippen LogP contribution in [0, 0.1) is 5.82 Å². The van der Waals surface area contributed by atoms with Gasteiger partial charge in [-0.25, -0.2) is 4.39 Å². The van der Waals surface area contributed by atoms with E-state index in [0.29, 0.717) is 0 Å². The summed E-state index contributed by atoms with van der Waals surface area (Å²) in [5, 5.41) is 3.52. The highest BCUT2D eigenvalue weighted by atomic mass is 19.1. The van der Waals surface area contributed by atoms with E-state index >= 15 is 0 Å². The Bertz CT molecular complexity index is 816. The van der Waals surface area contributed by atoms with Gasteiger partial charge in [-0.05, 0) is 54.3 Å². The van der Waals surface area contributed by atoms with Crippen molar-refractivity contribution >= 4 is 16.7 Å². The van der Waals surface area contributed by atoms with Crippen LogP contribution in [0.1, 0.15) is 23.6 Å². The summed E-state index contributed by atoms with van der Waals surface area (Å²) in [6.07, 6.45) is 5.28. The molecule has 0 saturated carbocycles. The predicted octanol–water partition coefficient (Wildman–Crippen LogP) is 3.87. The summed E-state index contributed by atoms with van der Waals surface area (Å²) < 4.78 is 13.3. The van der Waals surface area contributed by atoms with E-state index < -0.39 is 0 Å². The van der Waals surface area contributed by atoms with Crippen LogP contribution in [-0.4, -0.2) is 9.97 Å². The van der Waals surface area contributed by atoms with Crippen LogP contribution in [0.25, 0.3) is 11.0 Å². The lowest BCUT2D eigenvalue weighted by Gasteiger charge is -2.15. The SMILES string of the molecule is Fc1ccc2c(c1)CCC2Nc1ccc2nccnc2c1. The number of nitrogens with one attached hydrogen (secondary N) is 1. The first-order valence-corrected chi connectivity index (χ1v) is 7.05. The molecule has 4 rings (SSSR count). The molecule has 104 valence electrons. The molecule has 0 spiro atoms. The van der Waals surface area contributed by atoms with Gasteiger partial charge in [0.25, 0.3) is 0 Å². The Hall–Kier alpha value is -2.49. The van der Waals surface area contributed by atoms with E-state index in [9.17, 15) is 4.39 Å². The molecule has 0 aliphatic heterocycles. The van der Waals surface area contributed by atoms with E-state index in [-0.39, 0.29) is 11.9 Å². The van der Waals surface area contributed by atoms with Crippen LogP contribution in [0.3, 0.4) is 0 Å². The summed E-state index contributed by atoms with van der Waals surface area (Å²) in [6, 6.07) is 11.3. The topological polar surface area (TPSA) is 37.8 Å². The third-order valence-corrected chi connectivity index (χ3v) is 3.99. The molecule has 1 heterocycles. The maximum absolute atomic E-state index is 13.3. The zero-order valence-electron chi connectivity index (χ0n) is 11.4. The monoisotopic (exact) mass is 279 g/mol. The minimum Gasteiger partial charge on any atom is -0.378 e. The molecule has 2 aromatic carbocycles. The molecule has 0 amide bonds. The Kier molecular flexibility index (Phi) is 2.81. The average Bonchev–Trinajstić information content (AvgIpc) is 2.89. The van der Waals surface area contributed by atoms with Gasteiger partial charge in [0.2, 0.25) is 0 Å². The number of aryl methyl sites for hydroxylation is 1. The van der Waals surface area contributed by atoms with Gasteiger partial charge in [-0.3, -0.25) is 9.97 Å². The van der Waals surface area contributed by atoms with Crippen LogP contribution in [0.2, 0.25) is 0 Å². The van der Waals surface area contributed by atoms with Crippen molar-refractivity contribution in [3.05, 3.63) is 65.7 Å². The zero-order valence-corrected chi connectivity index (χ0v) is 11.4. The molecular formula is C17H14FN3. The first kappa shape index (κ1) is 12.3. The highest BCUT2D eigenvalue weighted by molar-refractivity contribution is 5.78. The third kappa shape index (κ3) is 2.23. The summed E-state index contributed by atoms with van der Waals surface area (Å²) in [7, 11) is 0. The summed E-state index contributed by atoms with van der Waals surface area (Å²) >= 11 is 0. The second-order valence-electron chi connectivity index (χ2n) is 5.34. The van der Waals surface area contributed by atoms with E-state index in [1.54, 1.807) is 18.5 Å². The molecule has 4 heteroatoms. The van der Waals surface area contributed by atoms with Crippen molar-refractivity contribution in [1.29, 1.82) is 0 Å². The van der Waals surface area contributed by atoms with Gasteiger partial charge in [0.05, 0.1) is 17.1 Å². The lowest BCUT2D eigenvalue weighted by atomic mass is 10.1. The van der Waals surface area contributed by atoms with Gasteiger partial charge in [0.1, 0.15) is 5.82 Å². The Morgan fingerprint density at radius 3 is 2.76 bits per heavy atom. The standard InChI is InChI=1S/C17H14FN3/c18-12-2-4-14-11(9-12)1-5-15(14)21-13-3-6-16-17(10-13)20-8-7-19-16/h2-4,6-10,15,21H,1,5H2. The highest BCUT2D eigenvalue weighted by Gasteiger charge is 2.22. The number of benzene rings is 2. The van der Waals surface area contributed by atoms with Crippen LogP contribution < -0.4 is 5.32 Å². The maximum Gasteiger partial charge on any atom is 0.123 e. The molecule has 0 fully saturated rings. The molecule has 21 heavy (non-hydrogen) atoms. The molecule has 0 saturated heterocycles. The molecule has 3 nitrogen and oxygen atoms in total. The normalized spacial score (nSPS) is 16.9. The molecule has 1 aliphatic carbocycles. The van der Waals surface area contributed by atoms with Gasteiger partial charge in [0, 0.05) is 18.1 Å². The van der Waals surface area contributed by atoms with Gasteiger partial charge in [-0.15, -0.1) is 0 Å². The minimum absolute atomic E-state index is 0.157. The number of aromatic nitrogens is 2. The van der Waals surface area contributed by atoms with Crippen molar-refractivity contribution in [3.8, 4) is 0 Å². The second-order valence-corrected chi connectivity index (χ2v) is 5.34. The second kappa shape index (κ2) is 4.81.